The van der Waals surface area contributed by atoms with Gasteiger partial charge < -0.3 is 4.74 Å². The SMILES string of the molecule is O=[N+]([O-])c1cc(Br)cc(OC/C=C/CS)c1. The van der Waals surface area contributed by atoms with Crippen molar-refractivity contribution in [3.05, 3.63) is 44.9 Å². The van der Waals surface area contributed by atoms with Crippen molar-refractivity contribution in [3.8, 4) is 5.75 Å². The fourth-order valence-electron chi connectivity index (χ4n) is 1.02. The number of hydrogen-bond donors (Lipinski definition) is 1. The Labute approximate surface area is 107 Å². The molecule has 0 aliphatic carbocycles. The fraction of sp³-hybridized carbons (Fsp3) is 0.200. The Bertz CT molecular complexity index is 409. The van der Waals surface area contributed by atoms with E-state index in [1.54, 1.807) is 12.1 Å². The van der Waals surface area contributed by atoms with Gasteiger partial charge in [0.15, 0.2) is 0 Å². The van der Waals surface area contributed by atoms with Crippen LogP contribution < -0.4 is 4.74 Å². The van der Waals surface area contributed by atoms with Crippen LogP contribution in [0.1, 0.15) is 0 Å². The van der Waals surface area contributed by atoms with Crippen LogP contribution in [0, 0.1) is 10.1 Å². The van der Waals surface area contributed by atoms with Gasteiger partial charge in [0, 0.05) is 16.3 Å². The van der Waals surface area contributed by atoms with Crippen LogP contribution in [0.4, 0.5) is 5.69 Å². The average molecular weight is 304 g/mol. The van der Waals surface area contributed by atoms with Crippen LogP contribution >= 0.6 is 28.6 Å². The van der Waals surface area contributed by atoms with Gasteiger partial charge in [-0.05, 0) is 6.07 Å². The van der Waals surface area contributed by atoms with Crippen molar-refractivity contribution in [1.29, 1.82) is 0 Å². The minimum absolute atomic E-state index is 0.00236. The second-order valence-electron chi connectivity index (χ2n) is 2.87. The lowest BCUT2D eigenvalue weighted by Gasteiger charge is -2.03. The molecule has 0 N–H and O–H groups in total. The number of nitro benzene ring substituents is 1. The van der Waals surface area contributed by atoms with Crippen molar-refractivity contribution in [2.24, 2.45) is 0 Å². The molecule has 0 radical (unpaired) electrons. The number of thiol groups is 1. The van der Waals surface area contributed by atoms with Gasteiger partial charge in [-0.15, -0.1) is 0 Å². The smallest absolute Gasteiger partial charge is 0.274 e. The van der Waals surface area contributed by atoms with Crippen molar-refractivity contribution in [2.75, 3.05) is 12.4 Å². The quantitative estimate of drug-likeness (QED) is 0.393. The molecule has 0 fully saturated rings. The van der Waals surface area contributed by atoms with Gasteiger partial charge in [0.25, 0.3) is 5.69 Å². The van der Waals surface area contributed by atoms with Gasteiger partial charge in [-0.25, -0.2) is 0 Å². The number of non-ortho nitro benzene ring substituents is 1. The van der Waals surface area contributed by atoms with Crippen LogP contribution in [0.5, 0.6) is 5.75 Å². The topological polar surface area (TPSA) is 52.4 Å². The van der Waals surface area contributed by atoms with Crippen LogP contribution in [-0.4, -0.2) is 17.3 Å². The molecule has 6 heteroatoms. The van der Waals surface area contributed by atoms with Gasteiger partial charge >= 0.3 is 0 Å². The summed E-state index contributed by atoms with van der Waals surface area (Å²) in [5.74, 6) is 1.10. The highest BCUT2D eigenvalue weighted by atomic mass is 79.9. The molecule has 0 atom stereocenters. The Morgan fingerprint density at radius 2 is 2.19 bits per heavy atom. The van der Waals surface area contributed by atoms with Gasteiger partial charge in [-0.1, -0.05) is 28.1 Å². The summed E-state index contributed by atoms with van der Waals surface area (Å²) in [7, 11) is 0. The Morgan fingerprint density at radius 3 is 2.81 bits per heavy atom. The monoisotopic (exact) mass is 303 g/mol. The molecule has 0 saturated heterocycles. The van der Waals surface area contributed by atoms with E-state index in [9.17, 15) is 10.1 Å². The molecule has 0 saturated carbocycles. The average Bonchev–Trinajstić information content (AvgIpc) is 2.23. The second-order valence-corrected chi connectivity index (χ2v) is 4.15. The fourth-order valence-corrected chi connectivity index (χ4v) is 1.63. The molecule has 4 nitrogen and oxygen atoms in total. The largest absolute Gasteiger partial charge is 0.489 e. The highest BCUT2D eigenvalue weighted by Crippen LogP contribution is 2.26. The first kappa shape index (κ1) is 13.1. The summed E-state index contributed by atoms with van der Waals surface area (Å²) in [5.41, 5.74) is 0.00236. The molecule has 0 aliphatic rings. The summed E-state index contributed by atoms with van der Waals surface area (Å²) in [5, 5.41) is 10.6. The van der Waals surface area contributed by atoms with E-state index in [1.807, 2.05) is 6.08 Å². The molecule has 0 heterocycles. The van der Waals surface area contributed by atoms with Crippen LogP contribution in [-0.2, 0) is 0 Å². The van der Waals surface area contributed by atoms with Crippen LogP contribution in [0.25, 0.3) is 0 Å². The summed E-state index contributed by atoms with van der Waals surface area (Å²) in [4.78, 5) is 10.1. The standard InChI is InChI=1S/C10H10BrNO3S/c11-8-5-9(12(13)14)7-10(6-8)15-3-1-2-4-16/h1-2,5-7,16H,3-4H2/b2-1+. The summed E-state index contributed by atoms with van der Waals surface area (Å²) in [6.07, 6.45) is 3.65. The van der Waals surface area contributed by atoms with Crippen molar-refractivity contribution in [3.63, 3.8) is 0 Å². The predicted octanol–water partition coefficient (Wildman–Crippen LogP) is 3.22. The van der Waals surface area contributed by atoms with Crippen LogP contribution in [0.3, 0.4) is 0 Å². The highest BCUT2D eigenvalue weighted by molar-refractivity contribution is 9.10. The number of ether oxygens (including phenoxy) is 1. The molecule has 16 heavy (non-hydrogen) atoms. The lowest BCUT2D eigenvalue weighted by molar-refractivity contribution is -0.385. The minimum atomic E-state index is -0.457. The Balaban J connectivity index is 2.72. The summed E-state index contributed by atoms with van der Waals surface area (Å²) >= 11 is 7.19. The summed E-state index contributed by atoms with van der Waals surface area (Å²) in [6.45, 7) is 0.369. The third-order valence-corrected chi connectivity index (χ3v) is 2.35. The molecule has 0 unspecified atom stereocenters. The zero-order valence-corrected chi connectivity index (χ0v) is 10.8. The molecule has 1 aromatic rings. The van der Waals surface area contributed by atoms with Crippen LogP contribution in [0.2, 0.25) is 0 Å². The molecule has 1 aromatic carbocycles. The number of benzene rings is 1. The lowest BCUT2D eigenvalue weighted by atomic mass is 10.3. The predicted molar refractivity (Wildman–Crippen MR) is 69.3 cm³/mol. The van der Waals surface area contributed by atoms with Crippen molar-refractivity contribution >= 4 is 34.2 Å². The molecule has 0 amide bonds. The van der Waals surface area contributed by atoms with Gasteiger partial charge in [-0.3, -0.25) is 10.1 Å². The molecule has 0 aliphatic heterocycles. The normalized spacial score (nSPS) is 10.6. The molecular formula is C10H10BrNO3S. The van der Waals surface area contributed by atoms with E-state index in [0.717, 1.165) is 0 Å². The minimum Gasteiger partial charge on any atom is -0.489 e. The number of rotatable bonds is 5. The molecule has 86 valence electrons. The maximum absolute atomic E-state index is 10.6. The van der Waals surface area contributed by atoms with Gasteiger partial charge in [0.1, 0.15) is 12.4 Å². The van der Waals surface area contributed by atoms with E-state index in [-0.39, 0.29) is 5.69 Å². The maximum Gasteiger partial charge on any atom is 0.274 e. The number of nitrogens with zero attached hydrogens (tertiary/aromatic N) is 1. The van der Waals surface area contributed by atoms with Crippen molar-refractivity contribution < 1.29 is 9.66 Å². The Morgan fingerprint density at radius 1 is 1.44 bits per heavy atom. The van der Waals surface area contributed by atoms with Gasteiger partial charge in [0.2, 0.25) is 0 Å². The Hall–Kier alpha value is -1.01. The van der Waals surface area contributed by atoms with Crippen molar-refractivity contribution in [2.45, 2.75) is 0 Å². The van der Waals surface area contributed by atoms with E-state index in [2.05, 4.69) is 28.6 Å². The molecule has 0 spiro atoms. The van der Waals surface area contributed by atoms with E-state index in [0.29, 0.717) is 22.6 Å². The highest BCUT2D eigenvalue weighted by Gasteiger charge is 2.08. The maximum atomic E-state index is 10.6. The second kappa shape index (κ2) is 6.55. The lowest BCUT2D eigenvalue weighted by Crippen LogP contribution is -1.95. The zero-order chi connectivity index (χ0) is 12.0. The molecule has 0 aromatic heterocycles. The van der Waals surface area contributed by atoms with Gasteiger partial charge in [0.05, 0.1) is 11.0 Å². The van der Waals surface area contributed by atoms with E-state index in [1.165, 1.54) is 12.1 Å². The molecule has 0 bridgehead atoms. The first-order chi connectivity index (χ1) is 7.63. The van der Waals surface area contributed by atoms with E-state index < -0.39 is 4.92 Å². The first-order valence-corrected chi connectivity index (χ1v) is 5.89. The summed E-state index contributed by atoms with van der Waals surface area (Å²) in [6, 6.07) is 4.50. The molecular weight excluding hydrogens is 294 g/mol. The third kappa shape index (κ3) is 4.24. The van der Waals surface area contributed by atoms with E-state index in [4.69, 9.17) is 4.74 Å². The first-order valence-electron chi connectivity index (χ1n) is 4.47. The zero-order valence-electron chi connectivity index (χ0n) is 8.30. The number of halogens is 1. The van der Waals surface area contributed by atoms with E-state index >= 15 is 0 Å². The third-order valence-electron chi connectivity index (χ3n) is 1.69. The van der Waals surface area contributed by atoms with Crippen LogP contribution in [0.15, 0.2) is 34.8 Å². The van der Waals surface area contributed by atoms with Crippen molar-refractivity contribution in [1.82, 2.24) is 0 Å². The van der Waals surface area contributed by atoms with Gasteiger partial charge in [-0.2, -0.15) is 12.6 Å². The summed E-state index contributed by atoms with van der Waals surface area (Å²) < 4.78 is 5.94. The Kier molecular flexibility index (Phi) is 5.34. The number of nitro groups is 1. The molecule has 1 rings (SSSR count). The number of hydrogen-bond acceptors (Lipinski definition) is 4.